The van der Waals surface area contributed by atoms with Gasteiger partial charge < -0.3 is 15.0 Å². The van der Waals surface area contributed by atoms with Crippen LogP contribution in [0.25, 0.3) is 0 Å². The summed E-state index contributed by atoms with van der Waals surface area (Å²) in [6.07, 6.45) is 0.991. The summed E-state index contributed by atoms with van der Waals surface area (Å²) in [4.78, 5) is 29.5. The highest BCUT2D eigenvalue weighted by Crippen LogP contribution is 2.26. The van der Waals surface area contributed by atoms with Gasteiger partial charge in [-0.25, -0.2) is 4.31 Å². The van der Waals surface area contributed by atoms with E-state index in [1.165, 1.54) is 19.0 Å². The summed E-state index contributed by atoms with van der Waals surface area (Å²) in [6.45, 7) is 5.68. The Bertz CT molecular complexity index is 1460. The van der Waals surface area contributed by atoms with E-state index in [0.29, 0.717) is 23.5 Å². The van der Waals surface area contributed by atoms with Crippen molar-refractivity contribution < 1.29 is 22.7 Å². The highest BCUT2D eigenvalue weighted by Gasteiger charge is 2.35. The maximum Gasteiger partial charge on any atom is 0.304 e. The Morgan fingerprint density at radius 3 is 2.26 bits per heavy atom. The molecule has 9 nitrogen and oxygen atoms in total. The molecule has 0 fully saturated rings. The molecule has 226 valence electrons. The quantitative estimate of drug-likeness (QED) is 0.303. The van der Waals surface area contributed by atoms with Crippen molar-refractivity contribution in [2.75, 3.05) is 38.6 Å². The van der Waals surface area contributed by atoms with Gasteiger partial charge in [0.15, 0.2) is 0 Å². The third-order valence-corrected chi connectivity index (χ3v) is 8.77. The third kappa shape index (κ3) is 8.33. The molecule has 0 radical (unpaired) electrons. The SMILES string of the molecule is CCCNC(=O)[C@H](Cc1ccccc1)N(Cc1cccc(OC)c1)C(=O)CN(c1cc(C)ccc1C)S(=O)(=O)N(C)C. The second-order valence-corrected chi connectivity index (χ2v) is 12.5. The van der Waals surface area contributed by atoms with E-state index >= 15 is 0 Å². The van der Waals surface area contributed by atoms with Crippen LogP contribution in [-0.4, -0.2) is 69.8 Å². The van der Waals surface area contributed by atoms with Crippen LogP contribution < -0.4 is 14.4 Å². The Kier molecular flexibility index (Phi) is 11.5. The van der Waals surface area contributed by atoms with E-state index in [1.807, 2.05) is 81.4 Å². The number of anilines is 1. The van der Waals surface area contributed by atoms with Gasteiger partial charge >= 0.3 is 10.2 Å². The number of hydrogen-bond acceptors (Lipinski definition) is 5. The van der Waals surface area contributed by atoms with E-state index in [1.54, 1.807) is 19.2 Å². The Hall–Kier alpha value is -3.89. The molecule has 2 amide bonds. The van der Waals surface area contributed by atoms with E-state index in [9.17, 15) is 18.0 Å². The summed E-state index contributed by atoms with van der Waals surface area (Å²) in [7, 11) is 0.364. The van der Waals surface area contributed by atoms with Crippen molar-refractivity contribution in [1.29, 1.82) is 0 Å². The van der Waals surface area contributed by atoms with Gasteiger partial charge in [-0.1, -0.05) is 61.5 Å². The molecule has 0 spiro atoms. The number of hydrogen-bond donors (Lipinski definition) is 1. The molecule has 0 saturated heterocycles. The molecular weight excluding hydrogens is 552 g/mol. The highest BCUT2D eigenvalue weighted by molar-refractivity contribution is 7.90. The van der Waals surface area contributed by atoms with E-state index in [4.69, 9.17) is 4.74 Å². The van der Waals surface area contributed by atoms with Gasteiger partial charge in [-0.05, 0) is 60.7 Å². The van der Waals surface area contributed by atoms with Crippen LogP contribution >= 0.6 is 0 Å². The van der Waals surface area contributed by atoms with Crippen LogP contribution in [0.1, 0.15) is 35.6 Å². The zero-order valence-corrected chi connectivity index (χ0v) is 26.1. The van der Waals surface area contributed by atoms with E-state index in [-0.39, 0.29) is 18.9 Å². The van der Waals surface area contributed by atoms with Gasteiger partial charge in [-0.2, -0.15) is 12.7 Å². The van der Waals surface area contributed by atoms with Crippen LogP contribution in [0.3, 0.4) is 0 Å². The number of amides is 2. The monoisotopic (exact) mass is 594 g/mol. The topological polar surface area (TPSA) is 99.3 Å². The predicted molar refractivity (Wildman–Crippen MR) is 167 cm³/mol. The first-order valence-corrected chi connectivity index (χ1v) is 15.4. The van der Waals surface area contributed by atoms with Gasteiger partial charge in [-0.3, -0.25) is 9.59 Å². The molecule has 0 saturated carbocycles. The first-order chi connectivity index (χ1) is 20.0. The zero-order chi connectivity index (χ0) is 30.9. The number of nitrogens with zero attached hydrogens (tertiary/aromatic N) is 3. The van der Waals surface area contributed by atoms with Crippen LogP contribution in [-0.2, 0) is 32.8 Å². The number of nitrogens with one attached hydrogen (secondary N) is 1. The van der Waals surface area contributed by atoms with Crippen molar-refractivity contribution in [1.82, 2.24) is 14.5 Å². The first-order valence-electron chi connectivity index (χ1n) is 14.0. The van der Waals surface area contributed by atoms with Crippen LogP contribution in [0, 0.1) is 13.8 Å². The third-order valence-electron chi connectivity index (χ3n) is 6.96. The molecule has 42 heavy (non-hydrogen) atoms. The molecule has 0 aliphatic carbocycles. The number of ether oxygens (including phenoxy) is 1. The number of carbonyl (C=O) groups is 2. The molecular formula is C32H42N4O5S. The molecule has 10 heteroatoms. The normalized spacial score (nSPS) is 12.1. The minimum absolute atomic E-state index is 0.0791. The van der Waals surface area contributed by atoms with Gasteiger partial charge in [0.1, 0.15) is 18.3 Å². The van der Waals surface area contributed by atoms with Gasteiger partial charge in [0.25, 0.3) is 0 Å². The smallest absolute Gasteiger partial charge is 0.304 e. The fourth-order valence-corrected chi connectivity index (χ4v) is 5.69. The minimum Gasteiger partial charge on any atom is -0.497 e. The van der Waals surface area contributed by atoms with Crippen LogP contribution in [0.2, 0.25) is 0 Å². The first kappa shape index (κ1) is 32.6. The lowest BCUT2D eigenvalue weighted by Gasteiger charge is -2.35. The maximum absolute atomic E-state index is 14.4. The number of carbonyl (C=O) groups excluding carboxylic acids is 2. The lowest BCUT2D eigenvalue weighted by molar-refractivity contribution is -0.140. The van der Waals surface area contributed by atoms with Crippen LogP contribution in [0.4, 0.5) is 5.69 Å². The van der Waals surface area contributed by atoms with Crippen molar-refractivity contribution in [3.63, 3.8) is 0 Å². The largest absolute Gasteiger partial charge is 0.497 e. The van der Waals surface area contributed by atoms with Crippen LogP contribution in [0.5, 0.6) is 5.75 Å². The van der Waals surface area contributed by atoms with Crippen molar-refractivity contribution in [3.8, 4) is 5.75 Å². The molecule has 3 rings (SSSR count). The Labute approximate surface area is 250 Å². The highest BCUT2D eigenvalue weighted by atomic mass is 32.2. The minimum atomic E-state index is -4.06. The summed E-state index contributed by atoms with van der Waals surface area (Å²) in [5.74, 6) is -0.190. The molecule has 0 unspecified atom stereocenters. The van der Waals surface area contributed by atoms with Crippen molar-refractivity contribution in [2.45, 2.75) is 46.2 Å². The van der Waals surface area contributed by atoms with Gasteiger partial charge in [0.2, 0.25) is 11.8 Å². The van der Waals surface area contributed by atoms with E-state index in [0.717, 1.165) is 31.7 Å². The van der Waals surface area contributed by atoms with Crippen molar-refractivity contribution >= 4 is 27.7 Å². The molecule has 0 aliphatic heterocycles. The van der Waals surface area contributed by atoms with Gasteiger partial charge in [0.05, 0.1) is 12.8 Å². The molecule has 0 heterocycles. The van der Waals surface area contributed by atoms with E-state index in [2.05, 4.69) is 5.32 Å². The molecule has 0 bridgehead atoms. The molecule has 3 aromatic carbocycles. The van der Waals surface area contributed by atoms with Gasteiger partial charge in [-0.15, -0.1) is 0 Å². The second-order valence-electron chi connectivity index (χ2n) is 10.5. The standard InChI is InChI=1S/C32H42N4O5S/c1-7-18-33-32(38)30(21-26-12-9-8-10-13-26)35(22-27-14-11-15-28(20-27)41-6)31(37)23-36(42(39,40)34(4)5)29-19-24(2)16-17-25(29)3/h8-17,19-20,30H,7,18,21-23H2,1-6H3,(H,33,38)/t30-/m0/s1. The summed E-state index contributed by atoms with van der Waals surface area (Å²) in [5, 5.41) is 2.95. The molecule has 0 aliphatic rings. The number of aryl methyl sites for hydroxylation is 2. The Morgan fingerprint density at radius 1 is 0.929 bits per heavy atom. The average molecular weight is 595 g/mol. The zero-order valence-electron chi connectivity index (χ0n) is 25.3. The fraction of sp³-hybridized carbons (Fsp3) is 0.375. The Morgan fingerprint density at radius 2 is 1.62 bits per heavy atom. The summed E-state index contributed by atoms with van der Waals surface area (Å²) >= 11 is 0. The van der Waals surface area contributed by atoms with Crippen molar-refractivity contribution in [3.05, 3.63) is 95.1 Å². The Balaban J connectivity index is 2.13. The van der Waals surface area contributed by atoms with Crippen molar-refractivity contribution in [2.24, 2.45) is 0 Å². The fourth-order valence-electron chi connectivity index (χ4n) is 4.58. The molecule has 3 aromatic rings. The van der Waals surface area contributed by atoms with E-state index < -0.39 is 28.7 Å². The average Bonchev–Trinajstić information content (AvgIpc) is 2.98. The summed E-state index contributed by atoms with van der Waals surface area (Å²) < 4.78 is 34.8. The number of rotatable bonds is 14. The lowest BCUT2D eigenvalue weighted by Crippen LogP contribution is -2.54. The number of methoxy groups -OCH3 is 1. The second kappa shape index (κ2) is 14.8. The predicted octanol–water partition coefficient (Wildman–Crippen LogP) is 4.09. The number of benzene rings is 3. The van der Waals surface area contributed by atoms with Gasteiger partial charge in [0, 0.05) is 33.6 Å². The molecule has 1 atom stereocenters. The molecule has 0 aromatic heterocycles. The maximum atomic E-state index is 14.4. The van der Waals surface area contributed by atoms with Crippen LogP contribution in [0.15, 0.2) is 72.8 Å². The lowest BCUT2D eigenvalue weighted by atomic mass is 10.0. The summed E-state index contributed by atoms with van der Waals surface area (Å²) in [6, 6.07) is 21.4. The molecule has 1 N–H and O–H groups in total. The summed E-state index contributed by atoms with van der Waals surface area (Å²) in [5.41, 5.74) is 3.60.